The minimum absolute atomic E-state index is 0.0834. The third kappa shape index (κ3) is 5.33. The number of carboxylic acids is 2. The lowest BCUT2D eigenvalue weighted by Crippen LogP contribution is -2.45. The van der Waals surface area contributed by atoms with Crippen LogP contribution in [0.25, 0.3) is 0 Å². The van der Waals surface area contributed by atoms with Gasteiger partial charge in [-0.25, -0.2) is 4.79 Å². The van der Waals surface area contributed by atoms with Crippen LogP contribution in [0, 0.1) is 23.2 Å². The molecule has 1 saturated heterocycles. The third-order valence-corrected chi connectivity index (χ3v) is 9.17. The second-order valence-electron chi connectivity index (χ2n) is 10.6. The molecular formula is C28H36BrNO4. The van der Waals surface area contributed by atoms with Crippen molar-refractivity contribution in [2.24, 2.45) is 23.2 Å². The van der Waals surface area contributed by atoms with Crippen molar-refractivity contribution < 1.29 is 19.8 Å². The van der Waals surface area contributed by atoms with E-state index in [2.05, 4.69) is 45.1 Å². The maximum atomic E-state index is 12.6. The number of rotatable bonds is 7. The molecule has 2 N–H and O–H groups in total. The first-order valence-corrected chi connectivity index (χ1v) is 13.4. The van der Waals surface area contributed by atoms with Crippen LogP contribution in [0.15, 0.2) is 52.0 Å². The van der Waals surface area contributed by atoms with Crippen molar-refractivity contribution in [2.45, 2.75) is 58.3 Å². The molecule has 0 radical (unpaired) electrons. The molecule has 34 heavy (non-hydrogen) atoms. The highest BCUT2D eigenvalue weighted by atomic mass is 79.9. The molecule has 2 atom stereocenters. The molecule has 5 nitrogen and oxygen atoms in total. The summed E-state index contributed by atoms with van der Waals surface area (Å²) < 4.78 is 0.598. The lowest BCUT2D eigenvalue weighted by Gasteiger charge is -2.43. The summed E-state index contributed by atoms with van der Waals surface area (Å²) in [7, 11) is 0. The predicted octanol–water partition coefficient (Wildman–Crippen LogP) is 5.90. The van der Waals surface area contributed by atoms with E-state index in [0.717, 1.165) is 70.0 Å². The van der Waals surface area contributed by atoms with Crippen LogP contribution in [-0.2, 0) is 16.0 Å². The number of carboxylic acid groups (broad SMARTS) is 2. The van der Waals surface area contributed by atoms with E-state index in [9.17, 15) is 19.8 Å². The molecule has 1 aromatic carbocycles. The summed E-state index contributed by atoms with van der Waals surface area (Å²) in [5.41, 5.74) is 1.22. The van der Waals surface area contributed by atoms with E-state index >= 15 is 0 Å². The number of benzene rings is 1. The largest absolute Gasteiger partial charge is 0.481 e. The fourth-order valence-electron chi connectivity index (χ4n) is 6.39. The Morgan fingerprint density at radius 3 is 2.26 bits per heavy atom. The van der Waals surface area contributed by atoms with Gasteiger partial charge in [-0.2, -0.15) is 0 Å². The minimum Gasteiger partial charge on any atom is -0.481 e. The van der Waals surface area contributed by atoms with Crippen molar-refractivity contribution >= 4 is 27.9 Å². The van der Waals surface area contributed by atoms with E-state index in [1.54, 1.807) is 6.92 Å². The second kappa shape index (κ2) is 10.8. The Bertz CT molecular complexity index is 958. The third-order valence-electron chi connectivity index (χ3n) is 8.23. The van der Waals surface area contributed by atoms with E-state index in [1.165, 1.54) is 5.56 Å². The zero-order chi connectivity index (χ0) is 24.3. The highest BCUT2D eigenvalue weighted by Crippen LogP contribution is 2.51. The molecule has 1 saturated carbocycles. The Morgan fingerprint density at radius 2 is 1.68 bits per heavy atom. The number of nitrogens with zero attached hydrogens (tertiary/aromatic N) is 1. The van der Waals surface area contributed by atoms with Crippen molar-refractivity contribution in [3.05, 3.63) is 57.6 Å². The SMILES string of the molecule is CC1(C(=O)O)C=C(CN2CCC(Cc3ccccc3)CC2)C(Br)=C(C(=O)O)C1C1CCCCC1. The second-order valence-corrected chi connectivity index (χ2v) is 11.4. The first-order chi connectivity index (χ1) is 16.3. The van der Waals surface area contributed by atoms with Gasteiger partial charge in [0.2, 0.25) is 0 Å². The number of halogens is 1. The highest BCUT2D eigenvalue weighted by Gasteiger charge is 2.51. The molecule has 1 aliphatic heterocycles. The predicted molar refractivity (Wildman–Crippen MR) is 137 cm³/mol. The van der Waals surface area contributed by atoms with E-state index in [4.69, 9.17) is 0 Å². The number of aliphatic carboxylic acids is 2. The van der Waals surface area contributed by atoms with E-state index in [1.807, 2.05) is 12.1 Å². The zero-order valence-corrected chi connectivity index (χ0v) is 21.6. The molecule has 0 spiro atoms. The topological polar surface area (TPSA) is 77.8 Å². The smallest absolute Gasteiger partial charge is 0.333 e. The van der Waals surface area contributed by atoms with E-state index in [0.29, 0.717) is 16.9 Å². The van der Waals surface area contributed by atoms with Crippen LogP contribution in [0.5, 0.6) is 0 Å². The van der Waals surface area contributed by atoms with E-state index < -0.39 is 23.3 Å². The average Bonchev–Trinajstić information content (AvgIpc) is 2.83. The van der Waals surface area contributed by atoms with Gasteiger partial charge in [0, 0.05) is 16.9 Å². The van der Waals surface area contributed by atoms with Gasteiger partial charge in [0.05, 0.1) is 11.0 Å². The monoisotopic (exact) mass is 529 g/mol. The number of carbonyl (C=O) groups is 2. The lowest BCUT2D eigenvalue weighted by molar-refractivity contribution is -0.149. The van der Waals surface area contributed by atoms with Crippen LogP contribution in [0.3, 0.4) is 0 Å². The van der Waals surface area contributed by atoms with Gasteiger partial charge in [-0.3, -0.25) is 9.69 Å². The van der Waals surface area contributed by atoms with Gasteiger partial charge in [0.25, 0.3) is 0 Å². The Morgan fingerprint density at radius 1 is 1.03 bits per heavy atom. The standard InChI is InChI=1S/C28H36BrNO4/c1-28(27(33)34)17-22(25(29)23(26(31)32)24(28)21-10-6-3-7-11-21)18-30-14-12-20(13-15-30)16-19-8-4-2-5-9-19/h2,4-5,8-9,17,20-21,24H,3,6-7,10-16,18H2,1H3,(H,31,32)(H,33,34). The van der Waals surface area contributed by atoms with Gasteiger partial charge in [-0.15, -0.1) is 0 Å². The summed E-state index contributed by atoms with van der Waals surface area (Å²) >= 11 is 3.62. The van der Waals surface area contributed by atoms with Crippen molar-refractivity contribution in [1.29, 1.82) is 0 Å². The lowest BCUT2D eigenvalue weighted by atomic mass is 9.60. The molecule has 0 amide bonds. The molecule has 3 aliphatic rings. The Hall–Kier alpha value is -1.92. The molecule has 2 unspecified atom stereocenters. The Balaban J connectivity index is 1.51. The molecule has 2 fully saturated rings. The van der Waals surface area contributed by atoms with Crippen LogP contribution in [0.1, 0.15) is 57.4 Å². The number of hydrogen-bond donors (Lipinski definition) is 2. The maximum absolute atomic E-state index is 12.6. The van der Waals surface area contributed by atoms with Crippen LogP contribution in [-0.4, -0.2) is 46.7 Å². The summed E-state index contributed by atoms with van der Waals surface area (Å²) in [5.74, 6) is -1.71. The summed E-state index contributed by atoms with van der Waals surface area (Å²) in [6.07, 6.45) is 10.1. The number of hydrogen-bond acceptors (Lipinski definition) is 3. The molecular weight excluding hydrogens is 494 g/mol. The fourth-order valence-corrected chi connectivity index (χ4v) is 7.05. The Labute approximate surface area is 211 Å². The molecule has 1 aromatic rings. The quantitative estimate of drug-likeness (QED) is 0.459. The first-order valence-electron chi connectivity index (χ1n) is 12.6. The highest BCUT2D eigenvalue weighted by molar-refractivity contribution is 9.12. The van der Waals surface area contributed by atoms with Gasteiger partial charge in [-0.05, 0) is 91.0 Å². The number of piperidine rings is 1. The summed E-state index contributed by atoms with van der Waals surface area (Å²) in [5, 5.41) is 20.5. The molecule has 1 heterocycles. The summed E-state index contributed by atoms with van der Waals surface area (Å²) in [4.78, 5) is 27.4. The van der Waals surface area contributed by atoms with Crippen molar-refractivity contribution in [3.63, 3.8) is 0 Å². The van der Waals surface area contributed by atoms with Crippen LogP contribution in [0.2, 0.25) is 0 Å². The van der Waals surface area contributed by atoms with Crippen molar-refractivity contribution in [3.8, 4) is 0 Å². The average molecular weight is 531 g/mol. The van der Waals surface area contributed by atoms with Gasteiger partial charge in [0.1, 0.15) is 0 Å². The van der Waals surface area contributed by atoms with Gasteiger partial charge in [-0.1, -0.05) is 55.7 Å². The van der Waals surface area contributed by atoms with Crippen molar-refractivity contribution in [1.82, 2.24) is 4.90 Å². The molecule has 2 aliphatic carbocycles. The molecule has 0 aromatic heterocycles. The zero-order valence-electron chi connectivity index (χ0n) is 20.0. The van der Waals surface area contributed by atoms with Crippen molar-refractivity contribution in [2.75, 3.05) is 19.6 Å². The van der Waals surface area contributed by atoms with Crippen LogP contribution >= 0.6 is 15.9 Å². The fraction of sp³-hybridized carbons (Fsp3) is 0.571. The molecule has 0 bridgehead atoms. The minimum atomic E-state index is -1.21. The summed E-state index contributed by atoms with van der Waals surface area (Å²) in [6, 6.07) is 10.6. The van der Waals surface area contributed by atoms with Gasteiger partial charge >= 0.3 is 11.9 Å². The van der Waals surface area contributed by atoms with Crippen LogP contribution < -0.4 is 0 Å². The molecule has 184 valence electrons. The van der Waals surface area contributed by atoms with Gasteiger partial charge < -0.3 is 10.2 Å². The van der Waals surface area contributed by atoms with E-state index in [-0.39, 0.29) is 11.5 Å². The number of likely N-dealkylation sites (tertiary alicyclic amines) is 1. The maximum Gasteiger partial charge on any atom is 0.333 e. The first kappa shape index (κ1) is 25.2. The Kier molecular flexibility index (Phi) is 7.98. The van der Waals surface area contributed by atoms with Gasteiger partial charge in [0.15, 0.2) is 0 Å². The molecule has 6 heteroatoms. The normalized spacial score (nSPS) is 27.5. The summed E-state index contributed by atoms with van der Waals surface area (Å²) in [6.45, 7) is 4.18. The molecule has 4 rings (SSSR count). The van der Waals surface area contributed by atoms with Crippen LogP contribution in [0.4, 0.5) is 0 Å².